The molecule has 2 atom stereocenters. The summed E-state index contributed by atoms with van der Waals surface area (Å²) in [5, 5.41) is 2.90. The number of fused-ring (bicyclic) bond motifs is 3. The summed E-state index contributed by atoms with van der Waals surface area (Å²) >= 11 is 0. The molecule has 0 saturated carbocycles. The number of benzene rings is 1. The maximum Gasteiger partial charge on any atom is 0.226 e. The largest absolute Gasteiger partial charge is 0.493 e. The molecular weight excluding hydrogens is 292 g/mol. The lowest BCUT2D eigenvalue weighted by Gasteiger charge is -2.35. The minimum atomic E-state index is -0.849. The van der Waals surface area contributed by atoms with E-state index in [9.17, 15) is 9.00 Å². The van der Waals surface area contributed by atoms with E-state index in [0.29, 0.717) is 41.7 Å². The van der Waals surface area contributed by atoms with Crippen LogP contribution >= 0.6 is 0 Å². The molecule has 2 heterocycles. The molecule has 0 aliphatic carbocycles. The average molecular weight is 310 g/mol. The first-order chi connectivity index (χ1) is 10.1. The van der Waals surface area contributed by atoms with E-state index in [1.165, 1.54) is 0 Å². The molecule has 3 rings (SSSR count). The van der Waals surface area contributed by atoms with Gasteiger partial charge in [-0.3, -0.25) is 9.00 Å². The summed E-state index contributed by atoms with van der Waals surface area (Å²) in [6, 6.07) is 3.63. The van der Waals surface area contributed by atoms with Crippen LogP contribution in [0.5, 0.6) is 11.5 Å². The molecule has 1 aromatic carbocycles. The number of amides is 1. The van der Waals surface area contributed by atoms with Gasteiger partial charge in [-0.25, -0.2) is 0 Å². The molecule has 21 heavy (non-hydrogen) atoms. The van der Waals surface area contributed by atoms with Gasteiger partial charge in [0.15, 0.2) is 11.5 Å². The van der Waals surface area contributed by atoms with Crippen LogP contribution in [0.1, 0.15) is 6.42 Å². The first-order valence-corrected chi connectivity index (χ1v) is 8.28. The summed E-state index contributed by atoms with van der Waals surface area (Å²) in [6.07, 6.45) is 0.352. The van der Waals surface area contributed by atoms with Gasteiger partial charge in [0.25, 0.3) is 0 Å². The number of rotatable bonds is 2. The highest BCUT2D eigenvalue weighted by atomic mass is 32.2. The second kappa shape index (κ2) is 5.55. The van der Waals surface area contributed by atoms with Crippen LogP contribution in [0, 0.1) is 0 Å². The zero-order chi connectivity index (χ0) is 15.0. The molecule has 7 heteroatoms. The second-order valence-corrected chi connectivity index (χ2v) is 6.76. The van der Waals surface area contributed by atoms with Gasteiger partial charge in [0.2, 0.25) is 5.91 Å². The van der Waals surface area contributed by atoms with Gasteiger partial charge in [0.1, 0.15) is 0 Å². The molecule has 114 valence electrons. The van der Waals surface area contributed by atoms with Crippen molar-refractivity contribution in [3.05, 3.63) is 12.1 Å². The first-order valence-electron chi connectivity index (χ1n) is 6.80. The maximum absolute atomic E-state index is 12.1. The molecule has 0 radical (unpaired) electrons. The van der Waals surface area contributed by atoms with Crippen molar-refractivity contribution in [2.75, 3.05) is 42.5 Å². The van der Waals surface area contributed by atoms with Gasteiger partial charge in [-0.1, -0.05) is 0 Å². The van der Waals surface area contributed by atoms with Gasteiger partial charge >= 0.3 is 0 Å². The van der Waals surface area contributed by atoms with E-state index in [-0.39, 0.29) is 11.9 Å². The standard InChI is InChI=1S/C14H18N2O4S/c1-19-12-6-10-11(7-13(12)20-2)16-3-4-21(18)8-9(16)5-14(17)15-10/h6-7,9H,3-5,8H2,1-2H3,(H,15,17). The molecule has 0 spiro atoms. The Balaban J connectivity index is 2.08. The van der Waals surface area contributed by atoms with E-state index in [1.54, 1.807) is 20.3 Å². The predicted octanol–water partition coefficient (Wildman–Crippen LogP) is 0.983. The molecule has 1 amide bonds. The topological polar surface area (TPSA) is 67.9 Å². The highest BCUT2D eigenvalue weighted by molar-refractivity contribution is 7.85. The molecule has 1 aromatic rings. The number of methoxy groups -OCH3 is 2. The molecule has 2 aliphatic rings. The minimum absolute atomic E-state index is 0.0288. The Hall–Kier alpha value is -1.76. The lowest BCUT2D eigenvalue weighted by atomic mass is 10.1. The fourth-order valence-electron chi connectivity index (χ4n) is 2.88. The van der Waals surface area contributed by atoms with E-state index < -0.39 is 10.8 Å². The molecule has 0 bridgehead atoms. The van der Waals surface area contributed by atoms with Crippen molar-refractivity contribution in [3.63, 3.8) is 0 Å². The van der Waals surface area contributed by atoms with E-state index >= 15 is 0 Å². The number of nitrogens with zero attached hydrogens (tertiary/aromatic N) is 1. The number of carbonyl (C=O) groups is 1. The Kier molecular flexibility index (Phi) is 3.75. The summed E-state index contributed by atoms with van der Waals surface area (Å²) in [6.45, 7) is 0.675. The van der Waals surface area contributed by atoms with Crippen molar-refractivity contribution in [2.45, 2.75) is 12.5 Å². The molecule has 2 aliphatic heterocycles. The molecule has 2 unspecified atom stereocenters. The molecular formula is C14H18N2O4S. The van der Waals surface area contributed by atoms with Crippen LogP contribution in [0.2, 0.25) is 0 Å². The van der Waals surface area contributed by atoms with Gasteiger partial charge in [0.05, 0.1) is 25.6 Å². The van der Waals surface area contributed by atoms with Crippen LogP contribution in [0.3, 0.4) is 0 Å². The van der Waals surface area contributed by atoms with Crippen molar-refractivity contribution in [1.29, 1.82) is 0 Å². The van der Waals surface area contributed by atoms with Crippen LogP contribution in [-0.4, -0.2) is 48.4 Å². The van der Waals surface area contributed by atoms with Crippen LogP contribution in [0.15, 0.2) is 12.1 Å². The average Bonchev–Trinajstić information content (AvgIpc) is 2.59. The SMILES string of the molecule is COc1cc2c(cc1OC)N1CCS(=O)CC1CC(=O)N2. The quantitative estimate of drug-likeness (QED) is 0.882. The number of anilines is 2. The predicted molar refractivity (Wildman–Crippen MR) is 81.8 cm³/mol. The number of hydrogen-bond donors (Lipinski definition) is 1. The summed E-state index contributed by atoms with van der Waals surface area (Å²) < 4.78 is 22.4. The third kappa shape index (κ3) is 2.57. The summed E-state index contributed by atoms with van der Waals surface area (Å²) in [5.41, 5.74) is 1.62. The van der Waals surface area contributed by atoms with Crippen LogP contribution in [-0.2, 0) is 15.6 Å². The molecule has 1 fully saturated rings. The Labute approximate surface area is 125 Å². The monoisotopic (exact) mass is 310 g/mol. The van der Waals surface area contributed by atoms with Crippen molar-refractivity contribution in [3.8, 4) is 11.5 Å². The van der Waals surface area contributed by atoms with E-state index in [0.717, 1.165) is 5.69 Å². The third-order valence-electron chi connectivity index (χ3n) is 3.89. The Morgan fingerprint density at radius 2 is 2.00 bits per heavy atom. The number of carbonyl (C=O) groups excluding carboxylic acids is 1. The summed E-state index contributed by atoms with van der Waals surface area (Å²) in [7, 11) is 2.30. The number of nitrogens with one attached hydrogen (secondary N) is 1. The van der Waals surface area contributed by atoms with Crippen molar-refractivity contribution in [2.24, 2.45) is 0 Å². The highest BCUT2D eigenvalue weighted by Gasteiger charge is 2.33. The molecule has 1 N–H and O–H groups in total. The molecule has 1 saturated heterocycles. The van der Waals surface area contributed by atoms with E-state index in [4.69, 9.17) is 9.47 Å². The summed E-state index contributed by atoms with van der Waals surface area (Å²) in [5.74, 6) is 2.29. The van der Waals surface area contributed by atoms with Crippen molar-refractivity contribution >= 4 is 28.1 Å². The third-order valence-corrected chi connectivity index (χ3v) is 5.28. The zero-order valence-corrected chi connectivity index (χ0v) is 12.9. The van der Waals surface area contributed by atoms with E-state index in [2.05, 4.69) is 10.2 Å². The first kappa shape index (κ1) is 14.2. The lowest BCUT2D eigenvalue weighted by Crippen LogP contribution is -2.47. The molecule has 6 nitrogen and oxygen atoms in total. The van der Waals surface area contributed by atoms with Crippen molar-refractivity contribution in [1.82, 2.24) is 0 Å². The van der Waals surface area contributed by atoms with Gasteiger partial charge in [0, 0.05) is 53.4 Å². The number of ether oxygens (including phenoxy) is 2. The Morgan fingerprint density at radius 3 is 2.71 bits per heavy atom. The second-order valence-electron chi connectivity index (χ2n) is 5.13. The normalized spacial score (nSPS) is 24.5. The van der Waals surface area contributed by atoms with Crippen LogP contribution in [0.25, 0.3) is 0 Å². The van der Waals surface area contributed by atoms with Crippen LogP contribution < -0.4 is 19.7 Å². The minimum Gasteiger partial charge on any atom is -0.493 e. The fraction of sp³-hybridized carbons (Fsp3) is 0.500. The molecule has 0 aromatic heterocycles. The highest BCUT2D eigenvalue weighted by Crippen LogP contribution is 2.41. The van der Waals surface area contributed by atoms with Crippen LogP contribution in [0.4, 0.5) is 11.4 Å². The van der Waals surface area contributed by atoms with Gasteiger partial charge in [-0.05, 0) is 0 Å². The maximum atomic E-state index is 12.1. The lowest BCUT2D eigenvalue weighted by molar-refractivity contribution is -0.116. The smallest absolute Gasteiger partial charge is 0.226 e. The van der Waals surface area contributed by atoms with Gasteiger partial charge in [-0.2, -0.15) is 0 Å². The van der Waals surface area contributed by atoms with E-state index in [1.807, 2.05) is 6.07 Å². The Bertz CT molecular complexity index is 605. The Morgan fingerprint density at radius 1 is 1.29 bits per heavy atom. The number of hydrogen-bond acceptors (Lipinski definition) is 5. The zero-order valence-electron chi connectivity index (χ0n) is 12.0. The fourth-order valence-corrected chi connectivity index (χ4v) is 4.17. The van der Waals surface area contributed by atoms with Gasteiger partial charge in [-0.15, -0.1) is 0 Å². The van der Waals surface area contributed by atoms with Crippen molar-refractivity contribution < 1.29 is 18.5 Å². The van der Waals surface area contributed by atoms with Gasteiger partial charge < -0.3 is 19.7 Å². The summed E-state index contributed by atoms with van der Waals surface area (Å²) in [4.78, 5) is 14.2.